The lowest BCUT2D eigenvalue weighted by Crippen LogP contribution is -2.23. The molecular weight excluding hydrogens is 345 g/mol. The molecule has 1 aliphatic carbocycles. The number of rotatable bonds is 5. The Morgan fingerprint density at radius 3 is 2.90 bits per heavy atom. The molecule has 1 aromatic heterocycles. The van der Waals surface area contributed by atoms with E-state index in [2.05, 4.69) is 28.2 Å². The maximum absolute atomic E-state index is 14.1. The summed E-state index contributed by atoms with van der Waals surface area (Å²) in [6, 6.07) is 3.50. The van der Waals surface area contributed by atoms with Crippen LogP contribution >= 0.6 is 27.5 Å². The smallest absolute Gasteiger partial charge is 0.152 e. The molecule has 5 heteroatoms. The van der Waals surface area contributed by atoms with Gasteiger partial charge in [-0.1, -0.05) is 18.5 Å². The van der Waals surface area contributed by atoms with Gasteiger partial charge in [0.25, 0.3) is 0 Å². The Morgan fingerprint density at radius 2 is 2.25 bits per heavy atom. The third kappa shape index (κ3) is 2.61. The minimum absolute atomic E-state index is 0.112. The van der Waals surface area contributed by atoms with E-state index in [9.17, 15) is 4.39 Å². The molecule has 0 spiro atoms. The predicted molar refractivity (Wildman–Crippen MR) is 82.6 cm³/mol. The molecule has 1 fully saturated rings. The molecule has 0 amide bonds. The third-order valence-electron chi connectivity index (χ3n) is 3.68. The van der Waals surface area contributed by atoms with Crippen LogP contribution in [0.1, 0.15) is 38.0 Å². The Labute approximate surface area is 130 Å². The van der Waals surface area contributed by atoms with Crippen molar-refractivity contribution in [2.45, 2.75) is 32.2 Å². The fourth-order valence-corrected chi connectivity index (χ4v) is 3.37. The maximum atomic E-state index is 14.1. The Bertz CT molecular complexity index is 638. The van der Waals surface area contributed by atoms with E-state index < -0.39 is 5.82 Å². The number of nitrogens with one attached hydrogen (secondary N) is 1. The van der Waals surface area contributed by atoms with Crippen molar-refractivity contribution >= 4 is 38.5 Å². The molecule has 108 valence electrons. The molecule has 1 atom stereocenters. The first-order chi connectivity index (χ1) is 9.61. The SMILES string of the molecule is CCCNC(c1cc2c(F)c(Cl)cc(Br)c2o1)C1CC1. The summed E-state index contributed by atoms with van der Waals surface area (Å²) in [4.78, 5) is 0. The van der Waals surface area contributed by atoms with Crippen LogP contribution in [-0.4, -0.2) is 6.54 Å². The van der Waals surface area contributed by atoms with Crippen LogP contribution in [0.25, 0.3) is 11.0 Å². The highest BCUT2D eigenvalue weighted by molar-refractivity contribution is 9.10. The summed E-state index contributed by atoms with van der Waals surface area (Å²) in [5.74, 6) is 0.988. The summed E-state index contributed by atoms with van der Waals surface area (Å²) in [7, 11) is 0. The highest BCUT2D eigenvalue weighted by Crippen LogP contribution is 2.44. The van der Waals surface area contributed by atoms with Gasteiger partial charge in [-0.25, -0.2) is 4.39 Å². The van der Waals surface area contributed by atoms with Gasteiger partial charge < -0.3 is 9.73 Å². The molecule has 0 radical (unpaired) electrons. The van der Waals surface area contributed by atoms with Crippen LogP contribution in [0.5, 0.6) is 0 Å². The van der Waals surface area contributed by atoms with Gasteiger partial charge >= 0.3 is 0 Å². The van der Waals surface area contributed by atoms with Gasteiger partial charge in [-0.15, -0.1) is 0 Å². The van der Waals surface area contributed by atoms with Crippen LogP contribution in [0.2, 0.25) is 5.02 Å². The van der Waals surface area contributed by atoms with E-state index in [-0.39, 0.29) is 11.1 Å². The first-order valence-electron chi connectivity index (χ1n) is 6.92. The Morgan fingerprint density at radius 1 is 1.50 bits per heavy atom. The normalized spacial score (nSPS) is 16.8. The fraction of sp³-hybridized carbons (Fsp3) is 0.467. The molecule has 1 heterocycles. The minimum atomic E-state index is -0.412. The molecule has 0 saturated heterocycles. The van der Waals surface area contributed by atoms with Gasteiger partial charge in [-0.2, -0.15) is 0 Å². The van der Waals surface area contributed by atoms with Crippen LogP contribution in [0, 0.1) is 11.7 Å². The second-order valence-electron chi connectivity index (χ2n) is 5.31. The quantitative estimate of drug-likeness (QED) is 0.718. The molecule has 1 unspecified atom stereocenters. The number of benzene rings is 1. The zero-order valence-corrected chi connectivity index (χ0v) is 13.5. The molecule has 20 heavy (non-hydrogen) atoms. The van der Waals surface area contributed by atoms with Crippen molar-refractivity contribution in [3.05, 3.63) is 33.2 Å². The lowest BCUT2D eigenvalue weighted by molar-refractivity contribution is 0.396. The van der Waals surface area contributed by atoms with E-state index in [1.165, 1.54) is 18.9 Å². The molecule has 2 aromatic rings. The molecule has 1 N–H and O–H groups in total. The average molecular weight is 361 g/mol. The number of hydrogen-bond donors (Lipinski definition) is 1. The molecule has 0 bridgehead atoms. The van der Waals surface area contributed by atoms with E-state index in [1.54, 1.807) is 6.07 Å². The number of furan rings is 1. The summed E-state index contributed by atoms with van der Waals surface area (Å²) in [5.41, 5.74) is 0.533. The van der Waals surface area contributed by atoms with E-state index in [4.69, 9.17) is 16.0 Å². The van der Waals surface area contributed by atoms with Gasteiger partial charge in [-0.05, 0) is 59.8 Å². The summed E-state index contributed by atoms with van der Waals surface area (Å²) >= 11 is 9.26. The molecule has 1 aliphatic rings. The molecule has 3 rings (SSSR count). The highest BCUT2D eigenvalue weighted by atomic mass is 79.9. The van der Waals surface area contributed by atoms with E-state index in [1.807, 2.05) is 0 Å². The Balaban J connectivity index is 2.02. The van der Waals surface area contributed by atoms with E-state index >= 15 is 0 Å². The van der Waals surface area contributed by atoms with Crippen molar-refractivity contribution in [3.8, 4) is 0 Å². The fourth-order valence-electron chi connectivity index (χ4n) is 2.50. The molecular formula is C15H16BrClFNO. The average Bonchev–Trinajstić information content (AvgIpc) is 3.15. The zero-order chi connectivity index (χ0) is 14.3. The lowest BCUT2D eigenvalue weighted by atomic mass is 10.1. The van der Waals surface area contributed by atoms with Crippen LogP contribution in [0.4, 0.5) is 4.39 Å². The first-order valence-corrected chi connectivity index (χ1v) is 8.09. The van der Waals surface area contributed by atoms with Crippen LogP contribution in [0.3, 0.4) is 0 Å². The zero-order valence-electron chi connectivity index (χ0n) is 11.2. The van der Waals surface area contributed by atoms with E-state index in [0.717, 1.165) is 18.7 Å². The van der Waals surface area contributed by atoms with Crippen molar-refractivity contribution in [3.63, 3.8) is 0 Å². The van der Waals surface area contributed by atoms with Crippen LogP contribution < -0.4 is 5.32 Å². The van der Waals surface area contributed by atoms with Gasteiger partial charge in [0.2, 0.25) is 0 Å². The summed E-state index contributed by atoms with van der Waals surface area (Å²) in [5, 5.41) is 4.06. The lowest BCUT2D eigenvalue weighted by Gasteiger charge is -2.14. The number of fused-ring (bicyclic) bond motifs is 1. The number of halogens is 3. The van der Waals surface area contributed by atoms with Crippen LogP contribution in [-0.2, 0) is 0 Å². The molecule has 0 aliphatic heterocycles. The summed E-state index contributed by atoms with van der Waals surface area (Å²) < 4.78 is 20.7. The topological polar surface area (TPSA) is 25.2 Å². The largest absolute Gasteiger partial charge is 0.458 e. The molecule has 1 aromatic carbocycles. The van der Waals surface area contributed by atoms with Gasteiger partial charge in [0.1, 0.15) is 5.76 Å². The van der Waals surface area contributed by atoms with Crippen LogP contribution in [0.15, 0.2) is 21.0 Å². The maximum Gasteiger partial charge on any atom is 0.152 e. The van der Waals surface area contributed by atoms with Gasteiger partial charge in [0, 0.05) is 0 Å². The van der Waals surface area contributed by atoms with Crippen molar-refractivity contribution in [2.24, 2.45) is 5.92 Å². The minimum Gasteiger partial charge on any atom is -0.458 e. The monoisotopic (exact) mass is 359 g/mol. The third-order valence-corrected chi connectivity index (χ3v) is 4.55. The van der Waals surface area contributed by atoms with Crippen molar-refractivity contribution in [1.29, 1.82) is 0 Å². The Kier molecular flexibility index (Phi) is 4.07. The standard InChI is InChI=1S/C15H16BrClFNO/c1-2-5-19-14(8-3-4-8)12-6-9-13(18)11(17)7-10(16)15(9)20-12/h6-8,14,19H,2-5H2,1H3. The number of hydrogen-bond acceptors (Lipinski definition) is 2. The summed E-state index contributed by atoms with van der Waals surface area (Å²) in [6.07, 6.45) is 3.46. The Hall–Kier alpha value is -0.580. The molecule has 1 saturated carbocycles. The van der Waals surface area contributed by atoms with Crippen molar-refractivity contribution < 1.29 is 8.81 Å². The predicted octanol–water partition coefficient (Wildman–Crippen LogP) is 5.44. The van der Waals surface area contributed by atoms with E-state index in [0.29, 0.717) is 21.4 Å². The van der Waals surface area contributed by atoms with Crippen molar-refractivity contribution in [2.75, 3.05) is 6.54 Å². The second-order valence-corrected chi connectivity index (χ2v) is 6.58. The molecule has 2 nitrogen and oxygen atoms in total. The summed E-state index contributed by atoms with van der Waals surface area (Å²) in [6.45, 7) is 3.06. The van der Waals surface area contributed by atoms with Gasteiger partial charge in [-0.3, -0.25) is 0 Å². The second kappa shape index (κ2) is 5.66. The van der Waals surface area contributed by atoms with Gasteiger partial charge in [0.05, 0.1) is 20.9 Å². The highest BCUT2D eigenvalue weighted by Gasteiger charge is 2.34. The van der Waals surface area contributed by atoms with Gasteiger partial charge in [0.15, 0.2) is 11.4 Å². The first kappa shape index (κ1) is 14.4. The van der Waals surface area contributed by atoms with Crippen molar-refractivity contribution in [1.82, 2.24) is 5.32 Å².